The summed E-state index contributed by atoms with van der Waals surface area (Å²) in [5, 5.41) is 4.97. The van der Waals surface area contributed by atoms with Gasteiger partial charge in [-0.25, -0.2) is 4.90 Å². The quantitative estimate of drug-likeness (QED) is 0.153. The van der Waals surface area contributed by atoms with Crippen LogP contribution in [0, 0.1) is 6.92 Å². The molecule has 5 rings (SSSR count). The molecule has 10 nitrogen and oxygen atoms in total. The molecule has 0 radical (unpaired) electrons. The van der Waals surface area contributed by atoms with Crippen molar-refractivity contribution in [1.82, 2.24) is 5.32 Å². The van der Waals surface area contributed by atoms with Crippen LogP contribution in [0.15, 0.2) is 102 Å². The molecule has 2 N–H and O–H groups in total. The van der Waals surface area contributed by atoms with Crippen molar-refractivity contribution in [3.05, 3.63) is 113 Å². The normalized spacial score (nSPS) is 14.5. The van der Waals surface area contributed by atoms with Crippen LogP contribution in [0.25, 0.3) is 6.08 Å². The van der Waals surface area contributed by atoms with E-state index in [-0.39, 0.29) is 23.9 Å². The number of hydrogen-bond acceptors (Lipinski definition) is 8. The minimum Gasteiger partial charge on any atom is -0.496 e. The number of methoxy groups -OCH3 is 3. The standard InChI is InChI=1S/C36H33N3O7S/c1-22-10-14-26(15-11-22)39-33(40)21-32(36(39)43)47-27-16-12-25(13-17-27)37-35(42)28(38-34(41)23-8-6-5-7-9-23)18-24-19-30(45-3)31(46-4)20-29(24)44-2/h5-20,32H,21H2,1-4H3,(H,37,42)(H,38,41)/b28-18-. The second kappa shape index (κ2) is 14.7. The van der Waals surface area contributed by atoms with Crippen molar-refractivity contribution in [2.24, 2.45) is 0 Å². The van der Waals surface area contributed by atoms with Crippen LogP contribution in [0.2, 0.25) is 0 Å². The van der Waals surface area contributed by atoms with E-state index in [9.17, 15) is 19.2 Å². The zero-order valence-electron chi connectivity index (χ0n) is 26.2. The first kappa shape index (κ1) is 32.8. The van der Waals surface area contributed by atoms with Gasteiger partial charge in [-0.3, -0.25) is 19.2 Å². The van der Waals surface area contributed by atoms with Gasteiger partial charge in [-0.2, -0.15) is 0 Å². The lowest BCUT2D eigenvalue weighted by molar-refractivity contribution is -0.121. The van der Waals surface area contributed by atoms with E-state index >= 15 is 0 Å². The Balaban J connectivity index is 1.35. The van der Waals surface area contributed by atoms with Crippen molar-refractivity contribution in [2.45, 2.75) is 23.5 Å². The molecule has 0 aliphatic carbocycles. The van der Waals surface area contributed by atoms with Gasteiger partial charge in [-0.1, -0.05) is 35.9 Å². The number of nitrogens with zero attached hydrogens (tertiary/aromatic N) is 1. The Hall–Kier alpha value is -5.55. The molecule has 0 bridgehead atoms. The molecule has 47 heavy (non-hydrogen) atoms. The van der Waals surface area contributed by atoms with E-state index in [1.54, 1.807) is 78.9 Å². The number of hydrogen-bond donors (Lipinski definition) is 2. The average molecular weight is 652 g/mol. The summed E-state index contributed by atoms with van der Waals surface area (Å²) < 4.78 is 16.3. The fourth-order valence-corrected chi connectivity index (χ4v) is 5.96. The van der Waals surface area contributed by atoms with Crippen LogP contribution in [0.1, 0.15) is 27.9 Å². The predicted molar refractivity (Wildman–Crippen MR) is 181 cm³/mol. The average Bonchev–Trinajstić information content (AvgIpc) is 3.37. The third kappa shape index (κ3) is 7.64. The molecule has 11 heteroatoms. The number of carbonyl (C=O) groups is 4. The van der Waals surface area contributed by atoms with Gasteiger partial charge in [0, 0.05) is 34.2 Å². The van der Waals surface area contributed by atoms with Crippen LogP contribution in [-0.2, 0) is 14.4 Å². The van der Waals surface area contributed by atoms with Gasteiger partial charge in [-0.05, 0) is 67.6 Å². The lowest BCUT2D eigenvalue weighted by Crippen LogP contribution is -2.31. The van der Waals surface area contributed by atoms with E-state index in [1.165, 1.54) is 44.1 Å². The third-order valence-electron chi connectivity index (χ3n) is 7.35. The van der Waals surface area contributed by atoms with E-state index in [0.29, 0.717) is 39.8 Å². The highest BCUT2D eigenvalue weighted by Crippen LogP contribution is 2.36. The molecule has 0 aromatic heterocycles. The number of amides is 4. The molecule has 1 aliphatic rings. The second-order valence-corrected chi connectivity index (χ2v) is 11.8. The van der Waals surface area contributed by atoms with Crippen LogP contribution in [-0.4, -0.2) is 50.2 Å². The van der Waals surface area contributed by atoms with Crippen LogP contribution in [0.3, 0.4) is 0 Å². The van der Waals surface area contributed by atoms with E-state index < -0.39 is 17.1 Å². The molecule has 1 aliphatic heterocycles. The first-order valence-electron chi connectivity index (χ1n) is 14.6. The van der Waals surface area contributed by atoms with Gasteiger partial charge in [0.2, 0.25) is 11.8 Å². The van der Waals surface area contributed by atoms with Crippen molar-refractivity contribution in [2.75, 3.05) is 31.5 Å². The fourth-order valence-electron chi connectivity index (χ4n) is 4.90. The first-order valence-corrected chi connectivity index (χ1v) is 15.5. The Morgan fingerprint density at radius 1 is 0.830 bits per heavy atom. The lowest BCUT2D eigenvalue weighted by atomic mass is 10.1. The van der Waals surface area contributed by atoms with Crippen LogP contribution < -0.4 is 29.7 Å². The molecule has 0 spiro atoms. The summed E-state index contributed by atoms with van der Waals surface area (Å²) in [5.41, 5.74) is 2.83. The summed E-state index contributed by atoms with van der Waals surface area (Å²) in [6, 6.07) is 25.9. The van der Waals surface area contributed by atoms with Gasteiger partial charge in [0.05, 0.1) is 32.3 Å². The first-order chi connectivity index (χ1) is 22.7. The Kier molecular flexibility index (Phi) is 10.3. The van der Waals surface area contributed by atoms with Crippen molar-refractivity contribution in [3.8, 4) is 17.2 Å². The molecule has 240 valence electrons. The topological polar surface area (TPSA) is 123 Å². The fraction of sp³-hybridized carbons (Fsp3) is 0.167. The highest BCUT2D eigenvalue weighted by molar-refractivity contribution is 8.00. The van der Waals surface area contributed by atoms with Gasteiger partial charge in [0.15, 0.2) is 11.5 Å². The van der Waals surface area contributed by atoms with Crippen molar-refractivity contribution in [3.63, 3.8) is 0 Å². The zero-order chi connectivity index (χ0) is 33.5. The van der Waals surface area contributed by atoms with E-state index in [1.807, 2.05) is 19.1 Å². The molecule has 4 aromatic rings. The molecule has 4 aromatic carbocycles. The monoisotopic (exact) mass is 651 g/mol. The number of aryl methyl sites for hydroxylation is 1. The van der Waals surface area contributed by atoms with Crippen LogP contribution >= 0.6 is 11.8 Å². The number of imide groups is 1. The summed E-state index contributed by atoms with van der Waals surface area (Å²) >= 11 is 1.29. The van der Waals surface area contributed by atoms with Gasteiger partial charge in [-0.15, -0.1) is 11.8 Å². The largest absolute Gasteiger partial charge is 0.496 e. The Morgan fingerprint density at radius 2 is 1.47 bits per heavy atom. The van der Waals surface area contributed by atoms with Gasteiger partial charge >= 0.3 is 0 Å². The lowest BCUT2D eigenvalue weighted by Gasteiger charge is -2.15. The highest BCUT2D eigenvalue weighted by atomic mass is 32.2. The zero-order valence-corrected chi connectivity index (χ0v) is 27.1. The molecule has 4 amide bonds. The van der Waals surface area contributed by atoms with Crippen LogP contribution in [0.5, 0.6) is 17.2 Å². The SMILES string of the molecule is COc1cc(OC)c(OC)cc1/C=C(\NC(=O)c1ccccc1)C(=O)Nc1ccc(SC2CC(=O)N(c3ccc(C)cc3)C2=O)cc1. The highest BCUT2D eigenvalue weighted by Gasteiger charge is 2.40. The van der Waals surface area contributed by atoms with E-state index in [2.05, 4.69) is 10.6 Å². The Bertz CT molecular complexity index is 1820. The Labute approximate surface area is 276 Å². The minimum absolute atomic E-state index is 0.0471. The van der Waals surface area contributed by atoms with Gasteiger partial charge < -0.3 is 24.8 Å². The molecule has 1 saturated heterocycles. The third-order valence-corrected chi connectivity index (χ3v) is 8.55. The molecule has 1 fully saturated rings. The van der Waals surface area contributed by atoms with Crippen molar-refractivity contribution >= 4 is 52.8 Å². The van der Waals surface area contributed by atoms with Crippen LogP contribution in [0.4, 0.5) is 11.4 Å². The number of ether oxygens (including phenoxy) is 3. The number of carbonyl (C=O) groups excluding carboxylic acids is 4. The minimum atomic E-state index is -0.586. The number of anilines is 2. The predicted octanol–water partition coefficient (Wildman–Crippen LogP) is 5.85. The maximum atomic E-state index is 13.6. The summed E-state index contributed by atoms with van der Waals surface area (Å²) in [7, 11) is 4.47. The Morgan fingerprint density at radius 3 is 2.11 bits per heavy atom. The smallest absolute Gasteiger partial charge is 0.272 e. The summed E-state index contributed by atoms with van der Waals surface area (Å²) in [5.74, 6) is -0.342. The number of nitrogens with one attached hydrogen (secondary N) is 2. The van der Waals surface area contributed by atoms with Crippen molar-refractivity contribution < 1.29 is 33.4 Å². The maximum absolute atomic E-state index is 13.6. The molecular formula is C36H33N3O7S. The number of rotatable bonds is 11. The maximum Gasteiger partial charge on any atom is 0.272 e. The molecule has 0 saturated carbocycles. The molecule has 1 heterocycles. The molecule has 1 atom stereocenters. The summed E-state index contributed by atoms with van der Waals surface area (Å²) in [4.78, 5) is 54.5. The second-order valence-electron chi connectivity index (χ2n) is 10.5. The van der Waals surface area contributed by atoms with E-state index in [4.69, 9.17) is 14.2 Å². The summed E-state index contributed by atoms with van der Waals surface area (Å²) in [6.45, 7) is 1.94. The molecule has 1 unspecified atom stereocenters. The van der Waals surface area contributed by atoms with Gasteiger partial charge in [0.1, 0.15) is 11.4 Å². The molecular weight excluding hydrogens is 618 g/mol. The number of benzene rings is 4. The van der Waals surface area contributed by atoms with Gasteiger partial charge in [0.25, 0.3) is 11.8 Å². The van der Waals surface area contributed by atoms with Crippen molar-refractivity contribution in [1.29, 1.82) is 0 Å². The van der Waals surface area contributed by atoms with E-state index in [0.717, 1.165) is 10.5 Å². The summed E-state index contributed by atoms with van der Waals surface area (Å²) in [6.07, 6.45) is 1.58. The number of thioether (sulfide) groups is 1.